The predicted octanol–water partition coefficient (Wildman–Crippen LogP) is 5.88. The summed E-state index contributed by atoms with van der Waals surface area (Å²) in [7, 11) is 0. The number of carbonyl (C=O) groups excluding carboxylic acids is 2. The van der Waals surface area contributed by atoms with Crippen LogP contribution in [-0.4, -0.2) is 33.3 Å². The third kappa shape index (κ3) is 4.93. The molecule has 1 unspecified atom stereocenters. The molecule has 2 heterocycles. The van der Waals surface area contributed by atoms with Gasteiger partial charge < -0.3 is 14.7 Å². The Hall–Kier alpha value is -3.64. The quantitative estimate of drug-likeness (QED) is 0.254. The molecule has 2 aromatic carbocycles. The number of carbonyl (C=O) groups is 2. The number of rotatable bonds is 7. The van der Waals surface area contributed by atoms with Crippen molar-refractivity contribution in [2.45, 2.75) is 39.3 Å². The summed E-state index contributed by atoms with van der Waals surface area (Å²) in [5.74, 6) is -0.889. The van der Waals surface area contributed by atoms with Crippen LogP contribution in [0.15, 0.2) is 72.6 Å². The number of likely N-dealkylation sites (tertiary alicyclic amines) is 1. The molecule has 1 N–H and O–H groups in total. The van der Waals surface area contributed by atoms with E-state index in [9.17, 15) is 14.7 Å². The molecule has 0 saturated carbocycles. The standard InChI is InChI=1S/C28H27ClN2O4/c1-4-35-23-12-11-21(14-22(23)29)26(32)24-25(20-9-7-19(8-10-20)17(2)3)31(28(34)27(24)33)16-18-6-5-13-30-15-18/h5-15,17,25,32H,4,16H2,1-3H3/b26-24+. The number of pyridine rings is 1. The van der Waals surface area contributed by atoms with E-state index in [2.05, 4.69) is 18.8 Å². The van der Waals surface area contributed by atoms with Crippen molar-refractivity contribution in [2.24, 2.45) is 0 Å². The first kappa shape index (κ1) is 24.5. The van der Waals surface area contributed by atoms with Crippen LogP contribution in [0, 0.1) is 0 Å². The molecule has 0 bridgehead atoms. The summed E-state index contributed by atoms with van der Waals surface area (Å²) in [4.78, 5) is 32.0. The first-order valence-corrected chi connectivity index (χ1v) is 11.9. The fraction of sp³-hybridized carbons (Fsp3) is 0.250. The fourth-order valence-electron chi connectivity index (χ4n) is 4.22. The van der Waals surface area contributed by atoms with Gasteiger partial charge in [0.05, 0.1) is 23.2 Å². The number of Topliss-reactive ketones (excluding diaryl/α,β-unsaturated/α-hetero) is 1. The fourth-order valence-corrected chi connectivity index (χ4v) is 4.45. The Labute approximate surface area is 209 Å². The molecule has 7 heteroatoms. The molecular weight excluding hydrogens is 464 g/mol. The molecule has 1 fully saturated rings. The topological polar surface area (TPSA) is 79.7 Å². The molecule has 180 valence electrons. The number of halogens is 1. The van der Waals surface area contributed by atoms with Gasteiger partial charge in [0.15, 0.2) is 0 Å². The van der Waals surface area contributed by atoms with Gasteiger partial charge in [0.1, 0.15) is 11.5 Å². The Morgan fingerprint density at radius 2 is 1.89 bits per heavy atom. The molecule has 1 atom stereocenters. The summed E-state index contributed by atoms with van der Waals surface area (Å²) >= 11 is 6.33. The van der Waals surface area contributed by atoms with Crippen LogP contribution in [0.5, 0.6) is 5.75 Å². The Kier molecular flexibility index (Phi) is 7.22. The van der Waals surface area contributed by atoms with Crippen LogP contribution in [-0.2, 0) is 16.1 Å². The predicted molar refractivity (Wildman–Crippen MR) is 135 cm³/mol. The van der Waals surface area contributed by atoms with Crippen molar-refractivity contribution in [1.82, 2.24) is 9.88 Å². The maximum absolute atomic E-state index is 13.3. The van der Waals surface area contributed by atoms with Crippen molar-refractivity contribution in [3.63, 3.8) is 0 Å². The second-order valence-electron chi connectivity index (χ2n) is 8.69. The lowest BCUT2D eigenvalue weighted by Gasteiger charge is -2.25. The van der Waals surface area contributed by atoms with Crippen LogP contribution >= 0.6 is 11.6 Å². The zero-order valence-corrected chi connectivity index (χ0v) is 20.6. The van der Waals surface area contributed by atoms with E-state index in [1.165, 1.54) is 11.0 Å². The van der Waals surface area contributed by atoms with Crippen molar-refractivity contribution in [2.75, 3.05) is 6.61 Å². The van der Waals surface area contributed by atoms with Gasteiger partial charge in [0.25, 0.3) is 11.7 Å². The number of hydrogen-bond acceptors (Lipinski definition) is 5. The Bertz CT molecular complexity index is 1270. The first-order chi connectivity index (χ1) is 16.8. The van der Waals surface area contributed by atoms with Gasteiger partial charge >= 0.3 is 0 Å². The molecule has 0 aliphatic carbocycles. The van der Waals surface area contributed by atoms with Crippen LogP contribution in [0.25, 0.3) is 5.76 Å². The number of hydrogen-bond donors (Lipinski definition) is 1. The number of aromatic nitrogens is 1. The number of ketones is 1. The zero-order valence-electron chi connectivity index (χ0n) is 19.9. The smallest absolute Gasteiger partial charge is 0.295 e. The highest BCUT2D eigenvalue weighted by Crippen LogP contribution is 2.41. The summed E-state index contributed by atoms with van der Waals surface area (Å²) < 4.78 is 5.47. The van der Waals surface area contributed by atoms with Gasteiger partial charge in [-0.1, -0.05) is 55.8 Å². The lowest BCUT2D eigenvalue weighted by molar-refractivity contribution is -0.140. The van der Waals surface area contributed by atoms with Gasteiger partial charge in [-0.25, -0.2) is 0 Å². The number of aliphatic hydroxyl groups excluding tert-OH is 1. The van der Waals surface area contributed by atoms with Crippen molar-refractivity contribution in [1.29, 1.82) is 0 Å². The maximum Gasteiger partial charge on any atom is 0.295 e. The van der Waals surface area contributed by atoms with Gasteiger partial charge in [-0.3, -0.25) is 14.6 Å². The first-order valence-electron chi connectivity index (χ1n) is 11.5. The molecule has 4 rings (SSSR count). The Morgan fingerprint density at radius 1 is 1.14 bits per heavy atom. The van der Waals surface area contributed by atoms with E-state index in [0.29, 0.717) is 28.9 Å². The summed E-state index contributed by atoms with van der Waals surface area (Å²) in [5, 5.41) is 11.6. The van der Waals surface area contributed by atoms with Crippen LogP contribution in [0.2, 0.25) is 5.02 Å². The number of ether oxygens (including phenoxy) is 1. The monoisotopic (exact) mass is 490 g/mol. The van der Waals surface area contributed by atoms with Crippen molar-refractivity contribution >= 4 is 29.1 Å². The minimum atomic E-state index is -0.762. The Morgan fingerprint density at radius 3 is 2.49 bits per heavy atom. The molecule has 1 aromatic heterocycles. The van der Waals surface area contributed by atoms with Crippen LogP contribution in [0.3, 0.4) is 0 Å². The average molecular weight is 491 g/mol. The van der Waals surface area contributed by atoms with Gasteiger partial charge in [0, 0.05) is 24.5 Å². The maximum atomic E-state index is 13.3. The average Bonchev–Trinajstić information content (AvgIpc) is 3.10. The van der Waals surface area contributed by atoms with Crippen molar-refractivity contribution in [3.05, 3.63) is 99.8 Å². The van der Waals surface area contributed by atoms with Gasteiger partial charge in [0.2, 0.25) is 0 Å². The highest BCUT2D eigenvalue weighted by Gasteiger charge is 2.46. The van der Waals surface area contributed by atoms with E-state index >= 15 is 0 Å². The number of amides is 1. The third-order valence-electron chi connectivity index (χ3n) is 6.04. The van der Waals surface area contributed by atoms with E-state index < -0.39 is 17.7 Å². The van der Waals surface area contributed by atoms with Crippen LogP contribution in [0.1, 0.15) is 55.0 Å². The molecule has 1 aliphatic heterocycles. The van der Waals surface area contributed by atoms with E-state index in [-0.39, 0.29) is 17.9 Å². The summed E-state index contributed by atoms with van der Waals surface area (Å²) in [6.07, 6.45) is 3.31. The number of nitrogens with zero attached hydrogens (tertiary/aromatic N) is 2. The largest absolute Gasteiger partial charge is 0.507 e. The van der Waals surface area contributed by atoms with E-state index in [1.807, 2.05) is 37.3 Å². The molecule has 1 saturated heterocycles. The lowest BCUT2D eigenvalue weighted by atomic mass is 9.93. The van der Waals surface area contributed by atoms with Gasteiger partial charge in [-0.2, -0.15) is 0 Å². The third-order valence-corrected chi connectivity index (χ3v) is 6.34. The summed E-state index contributed by atoms with van der Waals surface area (Å²) in [5.41, 5.74) is 3.01. The molecule has 1 amide bonds. The molecule has 35 heavy (non-hydrogen) atoms. The number of benzene rings is 2. The number of aliphatic hydroxyl groups is 1. The van der Waals surface area contributed by atoms with E-state index in [1.54, 1.807) is 30.6 Å². The molecule has 0 radical (unpaired) electrons. The van der Waals surface area contributed by atoms with Crippen LogP contribution in [0.4, 0.5) is 0 Å². The second kappa shape index (κ2) is 10.3. The Balaban J connectivity index is 1.84. The van der Waals surface area contributed by atoms with Crippen LogP contribution < -0.4 is 4.74 Å². The molecule has 1 aliphatic rings. The molecule has 0 spiro atoms. The van der Waals surface area contributed by atoms with E-state index in [0.717, 1.165) is 16.7 Å². The molecular formula is C28H27ClN2O4. The normalized spacial score (nSPS) is 17.3. The highest BCUT2D eigenvalue weighted by atomic mass is 35.5. The van der Waals surface area contributed by atoms with Crippen molar-refractivity contribution in [3.8, 4) is 5.75 Å². The van der Waals surface area contributed by atoms with Crippen molar-refractivity contribution < 1.29 is 19.4 Å². The minimum Gasteiger partial charge on any atom is -0.507 e. The van der Waals surface area contributed by atoms with Gasteiger partial charge in [-0.15, -0.1) is 0 Å². The SMILES string of the molecule is CCOc1ccc(/C(O)=C2\C(=O)C(=O)N(Cc3cccnc3)C2c2ccc(C(C)C)cc2)cc1Cl. The highest BCUT2D eigenvalue weighted by molar-refractivity contribution is 6.46. The second-order valence-corrected chi connectivity index (χ2v) is 9.10. The zero-order chi connectivity index (χ0) is 25.1. The van der Waals surface area contributed by atoms with E-state index in [4.69, 9.17) is 16.3 Å². The molecule has 6 nitrogen and oxygen atoms in total. The van der Waals surface area contributed by atoms with Gasteiger partial charge in [-0.05, 0) is 53.8 Å². The summed E-state index contributed by atoms with van der Waals surface area (Å²) in [6, 6.07) is 15.4. The lowest BCUT2D eigenvalue weighted by Crippen LogP contribution is -2.29. The minimum absolute atomic E-state index is 0.0245. The summed E-state index contributed by atoms with van der Waals surface area (Å²) in [6.45, 7) is 6.66. The molecule has 3 aromatic rings.